The van der Waals surface area contributed by atoms with Gasteiger partial charge in [0.25, 0.3) is 5.91 Å². The number of carbonyl (C=O) groups is 2. The first-order chi connectivity index (χ1) is 8.99. The van der Waals surface area contributed by atoms with Gasteiger partial charge >= 0.3 is 5.97 Å². The minimum Gasteiger partial charge on any atom is -0.481 e. The van der Waals surface area contributed by atoms with Crippen molar-refractivity contribution in [2.75, 3.05) is 0 Å². The summed E-state index contributed by atoms with van der Waals surface area (Å²) >= 11 is 0. The minimum atomic E-state index is -0.775. The molecular weight excluding hydrogens is 246 g/mol. The van der Waals surface area contributed by atoms with Crippen molar-refractivity contribution in [1.29, 1.82) is 0 Å². The lowest BCUT2D eigenvalue weighted by molar-refractivity contribution is -0.141. The number of rotatable bonds is 4. The first kappa shape index (κ1) is 13.6. The van der Waals surface area contributed by atoms with Crippen LogP contribution < -0.4 is 5.32 Å². The highest BCUT2D eigenvalue weighted by molar-refractivity contribution is 5.95. The van der Waals surface area contributed by atoms with Crippen LogP contribution in [-0.2, 0) is 4.79 Å². The molecule has 1 aliphatic carbocycles. The standard InChI is InChI=1S/C14H19NO4/c1-8(2)12-11(5-6-19-12)13(16)15-10-4-3-9(7-10)14(17)18/h5-6,8-10H,3-4,7H2,1-2H3,(H,15,16)(H,17,18)/t9-,10+/m0/s1. The molecule has 0 unspecified atom stereocenters. The van der Waals surface area contributed by atoms with Gasteiger partial charge in [-0.2, -0.15) is 0 Å². The summed E-state index contributed by atoms with van der Waals surface area (Å²) in [6.07, 6.45) is 3.37. The molecule has 0 saturated heterocycles. The molecule has 1 aromatic rings. The average Bonchev–Trinajstić information content (AvgIpc) is 2.96. The molecule has 5 heteroatoms. The molecular formula is C14H19NO4. The summed E-state index contributed by atoms with van der Waals surface area (Å²) in [5.41, 5.74) is 0.550. The zero-order valence-electron chi connectivity index (χ0n) is 11.2. The summed E-state index contributed by atoms with van der Waals surface area (Å²) in [5, 5.41) is 11.8. The maximum atomic E-state index is 12.1. The molecule has 1 amide bonds. The van der Waals surface area contributed by atoms with Crippen molar-refractivity contribution in [3.63, 3.8) is 0 Å². The van der Waals surface area contributed by atoms with Crippen molar-refractivity contribution in [1.82, 2.24) is 5.32 Å². The fourth-order valence-electron chi connectivity index (χ4n) is 2.56. The largest absolute Gasteiger partial charge is 0.481 e. The Morgan fingerprint density at radius 1 is 1.42 bits per heavy atom. The second-order valence-corrected chi connectivity index (χ2v) is 5.37. The Morgan fingerprint density at radius 3 is 2.74 bits per heavy atom. The topological polar surface area (TPSA) is 79.5 Å². The predicted molar refractivity (Wildman–Crippen MR) is 69.0 cm³/mol. The second kappa shape index (κ2) is 5.47. The predicted octanol–water partition coefficient (Wildman–Crippen LogP) is 2.39. The van der Waals surface area contributed by atoms with Crippen LogP contribution in [0, 0.1) is 5.92 Å². The van der Waals surface area contributed by atoms with Gasteiger partial charge in [0.1, 0.15) is 5.76 Å². The molecule has 0 aliphatic heterocycles. The van der Waals surface area contributed by atoms with Crippen LogP contribution in [0.25, 0.3) is 0 Å². The van der Waals surface area contributed by atoms with E-state index in [4.69, 9.17) is 9.52 Å². The number of hydrogen-bond donors (Lipinski definition) is 2. The van der Waals surface area contributed by atoms with Gasteiger partial charge in [0, 0.05) is 12.0 Å². The maximum Gasteiger partial charge on any atom is 0.306 e. The lowest BCUT2D eigenvalue weighted by Crippen LogP contribution is -2.33. The van der Waals surface area contributed by atoms with E-state index < -0.39 is 5.97 Å². The van der Waals surface area contributed by atoms with Crippen LogP contribution in [0.5, 0.6) is 0 Å². The third-order valence-electron chi connectivity index (χ3n) is 3.58. The quantitative estimate of drug-likeness (QED) is 0.876. The van der Waals surface area contributed by atoms with E-state index in [9.17, 15) is 9.59 Å². The first-order valence-electron chi connectivity index (χ1n) is 6.60. The fourth-order valence-corrected chi connectivity index (χ4v) is 2.56. The van der Waals surface area contributed by atoms with Gasteiger partial charge < -0.3 is 14.8 Å². The number of carboxylic acids is 1. The van der Waals surface area contributed by atoms with E-state index in [-0.39, 0.29) is 23.8 Å². The van der Waals surface area contributed by atoms with Crippen molar-refractivity contribution >= 4 is 11.9 Å². The molecule has 1 aromatic heterocycles. The van der Waals surface area contributed by atoms with E-state index >= 15 is 0 Å². The Balaban J connectivity index is 1.98. The summed E-state index contributed by atoms with van der Waals surface area (Å²) in [7, 11) is 0. The van der Waals surface area contributed by atoms with E-state index in [1.54, 1.807) is 6.07 Å². The van der Waals surface area contributed by atoms with Gasteiger partial charge in [-0.15, -0.1) is 0 Å². The second-order valence-electron chi connectivity index (χ2n) is 5.37. The Hall–Kier alpha value is -1.78. The molecule has 1 fully saturated rings. The Labute approximate surface area is 112 Å². The van der Waals surface area contributed by atoms with Crippen LogP contribution >= 0.6 is 0 Å². The molecule has 2 rings (SSSR count). The lowest BCUT2D eigenvalue weighted by atomic mass is 10.1. The van der Waals surface area contributed by atoms with Crippen LogP contribution in [0.4, 0.5) is 0 Å². The van der Waals surface area contributed by atoms with Crippen molar-refractivity contribution in [3.8, 4) is 0 Å². The van der Waals surface area contributed by atoms with Crippen LogP contribution in [0.3, 0.4) is 0 Å². The van der Waals surface area contributed by atoms with E-state index in [0.717, 1.165) is 6.42 Å². The molecule has 1 aliphatic rings. The van der Waals surface area contributed by atoms with Crippen LogP contribution in [0.1, 0.15) is 55.1 Å². The molecule has 1 saturated carbocycles. The van der Waals surface area contributed by atoms with Crippen LogP contribution in [0.15, 0.2) is 16.7 Å². The Bertz CT molecular complexity index is 478. The van der Waals surface area contributed by atoms with Crippen molar-refractivity contribution in [2.24, 2.45) is 5.92 Å². The lowest BCUT2D eigenvalue weighted by Gasteiger charge is -2.13. The molecule has 2 N–H and O–H groups in total. The van der Waals surface area contributed by atoms with Crippen molar-refractivity contribution < 1.29 is 19.1 Å². The van der Waals surface area contributed by atoms with Gasteiger partial charge in [-0.3, -0.25) is 9.59 Å². The molecule has 0 aromatic carbocycles. The highest BCUT2D eigenvalue weighted by Crippen LogP contribution is 2.27. The first-order valence-corrected chi connectivity index (χ1v) is 6.60. The molecule has 19 heavy (non-hydrogen) atoms. The van der Waals surface area contributed by atoms with Gasteiger partial charge in [0.2, 0.25) is 0 Å². The highest BCUT2D eigenvalue weighted by Gasteiger charge is 2.31. The molecule has 5 nitrogen and oxygen atoms in total. The summed E-state index contributed by atoms with van der Waals surface area (Å²) in [5.74, 6) is -0.466. The molecule has 0 radical (unpaired) electrons. The number of carbonyl (C=O) groups excluding carboxylic acids is 1. The van der Waals surface area contributed by atoms with E-state index in [1.165, 1.54) is 6.26 Å². The van der Waals surface area contributed by atoms with E-state index in [2.05, 4.69) is 5.32 Å². The van der Waals surface area contributed by atoms with Crippen LogP contribution in [0.2, 0.25) is 0 Å². The summed E-state index contributed by atoms with van der Waals surface area (Å²) in [4.78, 5) is 23.0. The normalized spacial score (nSPS) is 22.7. The number of carboxylic acid groups (broad SMARTS) is 1. The summed E-state index contributed by atoms with van der Waals surface area (Å²) in [6.45, 7) is 3.93. The van der Waals surface area contributed by atoms with Gasteiger partial charge in [-0.25, -0.2) is 0 Å². The highest BCUT2D eigenvalue weighted by atomic mass is 16.4. The summed E-state index contributed by atoms with van der Waals surface area (Å²) in [6, 6.07) is 1.61. The van der Waals surface area contributed by atoms with Gasteiger partial charge in [0.05, 0.1) is 17.7 Å². The molecule has 0 bridgehead atoms. The monoisotopic (exact) mass is 265 g/mol. The Morgan fingerprint density at radius 2 is 2.16 bits per heavy atom. The third kappa shape index (κ3) is 2.97. The van der Waals surface area contributed by atoms with Crippen molar-refractivity contribution in [3.05, 3.63) is 23.7 Å². The van der Waals surface area contributed by atoms with Gasteiger partial charge in [-0.1, -0.05) is 13.8 Å². The number of furan rings is 1. The average molecular weight is 265 g/mol. The smallest absolute Gasteiger partial charge is 0.306 e. The minimum absolute atomic E-state index is 0.0523. The zero-order valence-corrected chi connectivity index (χ0v) is 11.2. The van der Waals surface area contributed by atoms with Crippen molar-refractivity contribution in [2.45, 2.75) is 45.1 Å². The molecule has 1 heterocycles. The number of amides is 1. The summed E-state index contributed by atoms with van der Waals surface area (Å²) < 4.78 is 5.32. The number of nitrogens with one attached hydrogen (secondary N) is 1. The SMILES string of the molecule is CC(C)c1occc1C(=O)N[C@@H]1CC[C@H](C(=O)O)C1. The van der Waals surface area contributed by atoms with E-state index in [1.807, 2.05) is 13.8 Å². The zero-order chi connectivity index (χ0) is 14.0. The van der Waals surface area contributed by atoms with E-state index in [0.29, 0.717) is 24.2 Å². The fraction of sp³-hybridized carbons (Fsp3) is 0.571. The van der Waals surface area contributed by atoms with Gasteiger partial charge in [0.15, 0.2) is 0 Å². The maximum absolute atomic E-state index is 12.1. The molecule has 104 valence electrons. The van der Waals surface area contributed by atoms with Crippen LogP contribution in [-0.4, -0.2) is 23.0 Å². The third-order valence-corrected chi connectivity index (χ3v) is 3.58. The number of aliphatic carboxylic acids is 1. The van der Waals surface area contributed by atoms with Gasteiger partial charge in [-0.05, 0) is 25.3 Å². The number of hydrogen-bond acceptors (Lipinski definition) is 3. The molecule has 0 spiro atoms. The molecule has 2 atom stereocenters. The Kier molecular flexibility index (Phi) is 3.93.